The first kappa shape index (κ1) is 26.0. The molecule has 1 aliphatic heterocycles. The number of hydrogen-bond donors (Lipinski definition) is 2. The van der Waals surface area contributed by atoms with Gasteiger partial charge in [-0.05, 0) is 73.4 Å². The molecule has 2 N–H and O–H groups in total. The topological polar surface area (TPSA) is 87.7 Å². The summed E-state index contributed by atoms with van der Waals surface area (Å²) < 4.78 is 31.9. The molecule has 36 heavy (non-hydrogen) atoms. The summed E-state index contributed by atoms with van der Waals surface area (Å²) in [5.74, 6) is -0.830. The van der Waals surface area contributed by atoms with E-state index in [0.29, 0.717) is 45.1 Å². The predicted molar refractivity (Wildman–Crippen MR) is 130 cm³/mol. The summed E-state index contributed by atoms with van der Waals surface area (Å²) in [6, 6.07) is 4.41. The molecule has 4 rings (SSSR count). The van der Waals surface area contributed by atoms with Crippen molar-refractivity contribution in [2.24, 2.45) is 17.8 Å². The van der Waals surface area contributed by atoms with Gasteiger partial charge in [0.2, 0.25) is 11.8 Å². The average molecular weight is 502 g/mol. The molecule has 194 valence electrons. The van der Waals surface area contributed by atoms with Crippen LogP contribution >= 0.6 is 0 Å². The molecule has 3 aliphatic rings. The number of nitrogens with one attached hydrogen (secondary N) is 2. The van der Waals surface area contributed by atoms with Crippen LogP contribution in [-0.2, 0) is 14.3 Å². The summed E-state index contributed by atoms with van der Waals surface area (Å²) in [5.41, 5.74) is 0.259. The monoisotopic (exact) mass is 501 g/mol. The van der Waals surface area contributed by atoms with Gasteiger partial charge >= 0.3 is 0 Å². The fraction of sp³-hybridized carbons (Fsp3) is 0.519. The van der Waals surface area contributed by atoms with Gasteiger partial charge in [-0.1, -0.05) is 13.0 Å². The molecule has 5 atom stereocenters. The molecule has 0 radical (unpaired) electrons. The van der Waals surface area contributed by atoms with Crippen LogP contribution < -0.4 is 10.6 Å². The fourth-order valence-electron chi connectivity index (χ4n) is 4.98. The molecule has 1 saturated heterocycles. The highest BCUT2D eigenvalue weighted by atomic mass is 19.1. The second-order valence-corrected chi connectivity index (χ2v) is 9.78. The van der Waals surface area contributed by atoms with Crippen LogP contribution in [0.3, 0.4) is 0 Å². The summed E-state index contributed by atoms with van der Waals surface area (Å²) in [5, 5.41) is 5.82. The van der Waals surface area contributed by atoms with Gasteiger partial charge in [0.15, 0.2) is 0 Å². The first-order chi connectivity index (χ1) is 17.3. The molecule has 1 aromatic carbocycles. The van der Waals surface area contributed by atoms with E-state index in [9.17, 15) is 23.2 Å². The predicted octanol–water partition coefficient (Wildman–Crippen LogP) is 3.13. The van der Waals surface area contributed by atoms with Gasteiger partial charge in [0.1, 0.15) is 17.7 Å². The fourth-order valence-corrected chi connectivity index (χ4v) is 4.98. The van der Waals surface area contributed by atoms with Crippen molar-refractivity contribution in [1.29, 1.82) is 0 Å². The Morgan fingerprint density at radius 3 is 2.56 bits per heavy atom. The molecule has 9 heteroatoms. The minimum absolute atomic E-state index is 0.0770. The molecule has 3 amide bonds. The molecule has 1 heterocycles. The first-order valence-electron chi connectivity index (χ1n) is 12.6. The highest BCUT2D eigenvalue weighted by Gasteiger charge is 2.44. The first-order valence-corrected chi connectivity index (χ1v) is 12.6. The largest absolute Gasteiger partial charge is 0.378 e. The minimum atomic E-state index is -0.794. The Balaban J connectivity index is 1.28. The number of morpholine rings is 1. The maximum atomic E-state index is 13.4. The van der Waals surface area contributed by atoms with E-state index in [1.807, 2.05) is 13.0 Å². The van der Waals surface area contributed by atoms with Crippen LogP contribution in [0.5, 0.6) is 0 Å². The van der Waals surface area contributed by atoms with Crippen molar-refractivity contribution < 1.29 is 27.9 Å². The highest BCUT2D eigenvalue weighted by Crippen LogP contribution is 2.44. The third-order valence-corrected chi connectivity index (χ3v) is 7.12. The van der Waals surface area contributed by atoms with Crippen molar-refractivity contribution in [2.75, 3.05) is 26.3 Å². The SMILES string of the molecule is CC1C=C(F)C=CC1C1CC1NC(=O)CCCC(NC(=O)c1ccc(F)cc1)C(=O)N1CCOCC1. The molecule has 0 aromatic heterocycles. The molecule has 7 nitrogen and oxygen atoms in total. The highest BCUT2D eigenvalue weighted by molar-refractivity contribution is 5.97. The Morgan fingerprint density at radius 2 is 1.86 bits per heavy atom. The van der Waals surface area contributed by atoms with Gasteiger partial charge in [-0.15, -0.1) is 0 Å². The van der Waals surface area contributed by atoms with Crippen molar-refractivity contribution in [3.63, 3.8) is 0 Å². The third kappa shape index (κ3) is 6.78. The van der Waals surface area contributed by atoms with E-state index in [2.05, 4.69) is 10.6 Å². The average Bonchev–Trinajstić information content (AvgIpc) is 3.62. The van der Waals surface area contributed by atoms with Crippen LogP contribution in [0.25, 0.3) is 0 Å². The van der Waals surface area contributed by atoms with E-state index in [0.717, 1.165) is 6.42 Å². The second-order valence-electron chi connectivity index (χ2n) is 9.78. The number of allylic oxidation sites excluding steroid dienone is 4. The zero-order valence-corrected chi connectivity index (χ0v) is 20.4. The summed E-state index contributed by atoms with van der Waals surface area (Å²) in [6.07, 6.45) is 6.82. The number of amides is 3. The lowest BCUT2D eigenvalue weighted by molar-refractivity contribution is -0.137. The number of carbonyl (C=O) groups excluding carboxylic acids is 3. The van der Waals surface area contributed by atoms with Gasteiger partial charge in [-0.25, -0.2) is 8.78 Å². The van der Waals surface area contributed by atoms with Crippen LogP contribution in [0, 0.1) is 23.6 Å². The van der Waals surface area contributed by atoms with E-state index < -0.39 is 17.8 Å². The number of ether oxygens (including phenoxy) is 1. The van der Waals surface area contributed by atoms with Gasteiger partial charge in [0, 0.05) is 31.1 Å². The van der Waals surface area contributed by atoms with E-state index in [-0.39, 0.29) is 47.5 Å². The molecule has 5 unspecified atom stereocenters. The Kier molecular flexibility index (Phi) is 8.51. The van der Waals surface area contributed by atoms with Gasteiger partial charge in [0.05, 0.1) is 13.2 Å². The van der Waals surface area contributed by atoms with Gasteiger partial charge < -0.3 is 20.3 Å². The van der Waals surface area contributed by atoms with Crippen molar-refractivity contribution in [3.8, 4) is 0 Å². The van der Waals surface area contributed by atoms with E-state index in [1.165, 1.54) is 30.3 Å². The quantitative estimate of drug-likeness (QED) is 0.544. The second kappa shape index (κ2) is 11.8. The molecule has 2 fully saturated rings. The van der Waals surface area contributed by atoms with Crippen LogP contribution in [0.4, 0.5) is 8.78 Å². The molecular formula is C27H33F2N3O4. The maximum Gasteiger partial charge on any atom is 0.251 e. The Bertz CT molecular complexity index is 1020. The molecule has 2 aliphatic carbocycles. The number of rotatable bonds is 9. The molecule has 1 saturated carbocycles. The van der Waals surface area contributed by atoms with Crippen molar-refractivity contribution in [1.82, 2.24) is 15.5 Å². The van der Waals surface area contributed by atoms with E-state index >= 15 is 0 Å². The zero-order chi connectivity index (χ0) is 25.7. The smallest absolute Gasteiger partial charge is 0.251 e. The van der Waals surface area contributed by atoms with Crippen LogP contribution in [0.2, 0.25) is 0 Å². The van der Waals surface area contributed by atoms with E-state index in [1.54, 1.807) is 11.0 Å². The minimum Gasteiger partial charge on any atom is -0.378 e. The summed E-state index contributed by atoms with van der Waals surface area (Å²) in [7, 11) is 0. The third-order valence-electron chi connectivity index (χ3n) is 7.12. The molecule has 0 bridgehead atoms. The Morgan fingerprint density at radius 1 is 1.14 bits per heavy atom. The van der Waals surface area contributed by atoms with Crippen molar-refractivity contribution in [3.05, 3.63) is 59.7 Å². The van der Waals surface area contributed by atoms with Crippen molar-refractivity contribution >= 4 is 17.7 Å². The summed E-state index contributed by atoms with van der Waals surface area (Å²) in [6.45, 7) is 3.74. The maximum absolute atomic E-state index is 13.4. The van der Waals surface area contributed by atoms with Crippen LogP contribution in [-0.4, -0.2) is 61.0 Å². The zero-order valence-electron chi connectivity index (χ0n) is 20.4. The molecule has 1 aromatic rings. The Hall–Kier alpha value is -3.07. The van der Waals surface area contributed by atoms with Gasteiger partial charge in [0.25, 0.3) is 5.91 Å². The standard InChI is InChI=1S/C27H33F2N3O4/c1-17-15-20(29)9-10-21(17)22-16-24(22)30-25(33)4-2-3-23(27(35)32-11-13-36-14-12-32)31-26(34)18-5-7-19(28)8-6-18/h5-10,15,17,21-24H,2-4,11-14,16H2,1H3,(H,30,33)(H,31,34). The number of nitrogens with zero attached hydrogens (tertiary/aromatic N) is 1. The van der Waals surface area contributed by atoms with Crippen molar-refractivity contribution in [2.45, 2.75) is 44.7 Å². The van der Waals surface area contributed by atoms with Gasteiger partial charge in [-0.2, -0.15) is 0 Å². The number of halogens is 2. The number of benzene rings is 1. The van der Waals surface area contributed by atoms with Crippen LogP contribution in [0.1, 0.15) is 43.0 Å². The summed E-state index contributed by atoms with van der Waals surface area (Å²) >= 11 is 0. The number of hydrogen-bond acceptors (Lipinski definition) is 4. The lowest BCUT2D eigenvalue weighted by Crippen LogP contribution is -2.51. The summed E-state index contributed by atoms with van der Waals surface area (Å²) in [4.78, 5) is 40.0. The van der Waals surface area contributed by atoms with E-state index in [4.69, 9.17) is 4.74 Å². The molecular weight excluding hydrogens is 468 g/mol. The van der Waals surface area contributed by atoms with Gasteiger partial charge in [-0.3, -0.25) is 14.4 Å². The Labute approximate surface area is 209 Å². The molecule has 0 spiro atoms. The lowest BCUT2D eigenvalue weighted by Gasteiger charge is -2.30. The normalized spacial score (nSPS) is 26.1. The number of carbonyl (C=O) groups is 3. The van der Waals surface area contributed by atoms with Crippen LogP contribution in [0.15, 0.2) is 48.3 Å². The lowest BCUT2D eigenvalue weighted by atomic mass is 9.85.